The van der Waals surface area contributed by atoms with Gasteiger partial charge in [-0.15, -0.1) is 0 Å². The summed E-state index contributed by atoms with van der Waals surface area (Å²) in [5, 5.41) is 5.49. The monoisotopic (exact) mass is 297 g/mol. The standard InChI is InChI=1S/C11H15ClF3N3O/c1-3-4-5-16-8(19)6-18-7(2)9(12)10(17-18)11(13,14)15/h3-6H2,1-2H3,(H,16,19). The van der Waals surface area contributed by atoms with E-state index in [1.807, 2.05) is 6.92 Å². The molecule has 1 heterocycles. The minimum atomic E-state index is -4.62. The van der Waals surface area contributed by atoms with Gasteiger partial charge in [-0.25, -0.2) is 0 Å². The molecule has 0 aliphatic rings. The predicted molar refractivity (Wildman–Crippen MR) is 64.9 cm³/mol. The summed E-state index contributed by atoms with van der Waals surface area (Å²) >= 11 is 5.57. The number of rotatable bonds is 5. The lowest BCUT2D eigenvalue weighted by molar-refractivity contribution is -0.141. The molecule has 108 valence electrons. The maximum absolute atomic E-state index is 12.6. The fraction of sp³-hybridized carbons (Fsp3) is 0.636. The van der Waals surface area contributed by atoms with E-state index < -0.39 is 16.9 Å². The summed E-state index contributed by atoms with van der Waals surface area (Å²) in [6.07, 6.45) is -2.88. The smallest absolute Gasteiger partial charge is 0.354 e. The largest absolute Gasteiger partial charge is 0.436 e. The van der Waals surface area contributed by atoms with Crippen molar-refractivity contribution in [3.05, 3.63) is 16.4 Å². The number of carbonyl (C=O) groups is 1. The lowest BCUT2D eigenvalue weighted by atomic mass is 10.3. The van der Waals surface area contributed by atoms with E-state index in [2.05, 4.69) is 10.4 Å². The zero-order valence-corrected chi connectivity index (χ0v) is 11.4. The third-order valence-corrected chi connectivity index (χ3v) is 3.00. The van der Waals surface area contributed by atoms with Gasteiger partial charge in [-0.2, -0.15) is 18.3 Å². The molecule has 0 aliphatic carbocycles. The second-order valence-electron chi connectivity index (χ2n) is 4.11. The molecule has 0 aromatic carbocycles. The number of amides is 1. The molecule has 1 amide bonds. The van der Waals surface area contributed by atoms with Crippen molar-refractivity contribution >= 4 is 17.5 Å². The second kappa shape index (κ2) is 6.27. The average molecular weight is 298 g/mol. The molecule has 19 heavy (non-hydrogen) atoms. The highest BCUT2D eigenvalue weighted by atomic mass is 35.5. The van der Waals surface area contributed by atoms with Crippen LogP contribution in [0.2, 0.25) is 5.02 Å². The van der Waals surface area contributed by atoms with Crippen LogP contribution in [0, 0.1) is 6.92 Å². The Bertz CT molecular complexity index is 457. The molecule has 0 aliphatic heterocycles. The summed E-state index contributed by atoms with van der Waals surface area (Å²) in [4.78, 5) is 11.5. The van der Waals surface area contributed by atoms with Crippen LogP contribution in [0.4, 0.5) is 13.2 Å². The molecule has 0 bridgehead atoms. The number of halogens is 4. The predicted octanol–water partition coefficient (Wildman–Crippen LogP) is 2.78. The van der Waals surface area contributed by atoms with Gasteiger partial charge in [-0.05, 0) is 13.3 Å². The first-order chi connectivity index (χ1) is 8.77. The van der Waals surface area contributed by atoms with Crippen LogP contribution in [0.1, 0.15) is 31.2 Å². The third kappa shape index (κ3) is 4.12. The number of hydrogen-bond acceptors (Lipinski definition) is 2. The average Bonchev–Trinajstić information content (AvgIpc) is 2.57. The van der Waals surface area contributed by atoms with Crippen LogP contribution in [0.25, 0.3) is 0 Å². The van der Waals surface area contributed by atoms with Crippen LogP contribution >= 0.6 is 11.6 Å². The van der Waals surface area contributed by atoms with Crippen molar-refractivity contribution in [2.24, 2.45) is 0 Å². The van der Waals surface area contributed by atoms with Gasteiger partial charge in [-0.1, -0.05) is 24.9 Å². The van der Waals surface area contributed by atoms with Crippen molar-refractivity contribution < 1.29 is 18.0 Å². The Morgan fingerprint density at radius 3 is 2.58 bits per heavy atom. The summed E-state index contributed by atoms with van der Waals surface area (Å²) in [6.45, 7) is 3.59. The van der Waals surface area contributed by atoms with Crippen molar-refractivity contribution in [2.45, 2.75) is 39.4 Å². The molecule has 0 atom stereocenters. The lowest BCUT2D eigenvalue weighted by Crippen LogP contribution is -2.29. The topological polar surface area (TPSA) is 46.9 Å². The van der Waals surface area contributed by atoms with E-state index in [1.54, 1.807) is 0 Å². The molecule has 1 N–H and O–H groups in total. The maximum atomic E-state index is 12.6. The van der Waals surface area contributed by atoms with Gasteiger partial charge in [0.05, 0.1) is 10.7 Å². The Labute approximate surface area is 113 Å². The molecule has 1 aromatic heterocycles. The van der Waals surface area contributed by atoms with Crippen molar-refractivity contribution in [3.63, 3.8) is 0 Å². The molecule has 1 aromatic rings. The van der Waals surface area contributed by atoms with Crippen LogP contribution in [-0.2, 0) is 17.5 Å². The molecule has 0 saturated heterocycles. The third-order valence-electron chi connectivity index (χ3n) is 2.55. The summed E-state index contributed by atoms with van der Waals surface area (Å²) in [6, 6.07) is 0. The van der Waals surface area contributed by atoms with Crippen LogP contribution < -0.4 is 5.32 Å². The Morgan fingerprint density at radius 1 is 1.47 bits per heavy atom. The van der Waals surface area contributed by atoms with Gasteiger partial charge in [0.15, 0.2) is 5.69 Å². The van der Waals surface area contributed by atoms with E-state index in [-0.39, 0.29) is 18.1 Å². The lowest BCUT2D eigenvalue weighted by Gasteiger charge is -2.06. The van der Waals surface area contributed by atoms with Crippen molar-refractivity contribution in [3.8, 4) is 0 Å². The number of aromatic nitrogens is 2. The fourth-order valence-corrected chi connectivity index (χ4v) is 1.70. The number of nitrogens with one attached hydrogen (secondary N) is 1. The Morgan fingerprint density at radius 2 is 2.11 bits per heavy atom. The zero-order valence-electron chi connectivity index (χ0n) is 10.6. The number of alkyl halides is 3. The van der Waals surface area contributed by atoms with Crippen LogP contribution in [-0.4, -0.2) is 22.2 Å². The number of unbranched alkanes of at least 4 members (excludes halogenated alkanes) is 1. The molecule has 0 saturated carbocycles. The fourth-order valence-electron chi connectivity index (χ4n) is 1.46. The molecular formula is C11H15ClF3N3O. The second-order valence-corrected chi connectivity index (χ2v) is 4.48. The molecule has 0 radical (unpaired) electrons. The minimum absolute atomic E-state index is 0.125. The first-order valence-electron chi connectivity index (χ1n) is 5.84. The van der Waals surface area contributed by atoms with Crippen LogP contribution in [0.15, 0.2) is 0 Å². The molecule has 0 fully saturated rings. The molecule has 0 spiro atoms. The summed E-state index contributed by atoms with van der Waals surface area (Å²) in [5.74, 6) is -0.385. The van der Waals surface area contributed by atoms with Crippen molar-refractivity contribution in [1.82, 2.24) is 15.1 Å². The van der Waals surface area contributed by atoms with E-state index in [0.717, 1.165) is 17.5 Å². The number of hydrogen-bond donors (Lipinski definition) is 1. The summed E-state index contributed by atoms with van der Waals surface area (Å²) in [5.41, 5.74) is -1.03. The summed E-state index contributed by atoms with van der Waals surface area (Å²) < 4.78 is 38.7. The SMILES string of the molecule is CCCCNC(=O)Cn1nc(C(F)(F)F)c(Cl)c1C. The van der Waals surface area contributed by atoms with Gasteiger partial charge in [0.2, 0.25) is 5.91 Å². The Kier molecular flexibility index (Phi) is 5.22. The van der Waals surface area contributed by atoms with E-state index in [9.17, 15) is 18.0 Å². The van der Waals surface area contributed by atoms with Gasteiger partial charge in [0.25, 0.3) is 0 Å². The molecule has 4 nitrogen and oxygen atoms in total. The van der Waals surface area contributed by atoms with E-state index in [0.29, 0.717) is 6.54 Å². The van der Waals surface area contributed by atoms with Gasteiger partial charge >= 0.3 is 6.18 Å². The Balaban J connectivity index is 2.77. The first kappa shape index (κ1) is 15.8. The van der Waals surface area contributed by atoms with E-state index >= 15 is 0 Å². The van der Waals surface area contributed by atoms with Crippen LogP contribution in [0.5, 0.6) is 0 Å². The minimum Gasteiger partial charge on any atom is -0.354 e. The van der Waals surface area contributed by atoms with Crippen molar-refractivity contribution in [1.29, 1.82) is 0 Å². The molecule has 8 heteroatoms. The van der Waals surface area contributed by atoms with E-state index in [1.165, 1.54) is 6.92 Å². The van der Waals surface area contributed by atoms with Crippen LogP contribution in [0.3, 0.4) is 0 Å². The molecule has 0 unspecified atom stereocenters. The van der Waals surface area contributed by atoms with Gasteiger partial charge in [-0.3, -0.25) is 9.48 Å². The first-order valence-corrected chi connectivity index (χ1v) is 6.22. The quantitative estimate of drug-likeness (QED) is 0.850. The van der Waals surface area contributed by atoms with Gasteiger partial charge < -0.3 is 5.32 Å². The van der Waals surface area contributed by atoms with Crippen molar-refractivity contribution in [2.75, 3.05) is 6.54 Å². The van der Waals surface area contributed by atoms with E-state index in [4.69, 9.17) is 11.6 Å². The molecule has 1 rings (SSSR count). The highest BCUT2D eigenvalue weighted by Crippen LogP contribution is 2.35. The molecular weight excluding hydrogens is 283 g/mol. The maximum Gasteiger partial charge on any atom is 0.436 e. The summed E-state index contributed by atoms with van der Waals surface area (Å²) in [7, 11) is 0. The highest BCUT2D eigenvalue weighted by Gasteiger charge is 2.38. The number of carbonyl (C=O) groups excluding carboxylic acids is 1. The zero-order chi connectivity index (χ0) is 14.6. The van der Waals surface area contributed by atoms with Gasteiger partial charge in [0, 0.05) is 6.54 Å². The Hall–Kier alpha value is -1.24. The normalized spacial score (nSPS) is 11.7. The van der Waals surface area contributed by atoms with Gasteiger partial charge in [0.1, 0.15) is 6.54 Å². The number of nitrogens with zero attached hydrogens (tertiary/aromatic N) is 2. The highest BCUT2D eigenvalue weighted by molar-refractivity contribution is 6.31.